The van der Waals surface area contributed by atoms with E-state index in [0.717, 1.165) is 0 Å². The van der Waals surface area contributed by atoms with E-state index in [4.69, 9.17) is 0 Å². The van der Waals surface area contributed by atoms with E-state index in [9.17, 15) is 4.79 Å². The third-order valence-electron chi connectivity index (χ3n) is 0.315. The molecule has 2 heteroatoms. The van der Waals surface area contributed by atoms with Crippen LogP contribution in [0.5, 0.6) is 0 Å². The molecule has 0 fully saturated rings. The summed E-state index contributed by atoms with van der Waals surface area (Å²) in [5.74, 6) is 0. The summed E-state index contributed by atoms with van der Waals surface area (Å²) in [5, 5.41) is 0. The molecular weight excluding hydrogens is 103 g/mol. The summed E-state index contributed by atoms with van der Waals surface area (Å²) in [4.78, 5) is 9.85. The van der Waals surface area contributed by atoms with E-state index in [1.807, 2.05) is 5.64 Å². The Bertz CT molecular complexity index is 42.2. The van der Waals surface area contributed by atoms with Crippen molar-refractivity contribution in [1.82, 2.24) is 0 Å². The average Bonchev–Trinajstić information content (AvgIpc) is 1.38. The standard InChI is InChI=1S/C2H3O.CH3.V/c1-2-3;;/h1H3;1H3;. The molecule has 29 valence electrons. The van der Waals surface area contributed by atoms with Gasteiger partial charge in [0, 0.05) is 0 Å². The normalized spacial score (nSPS) is 6.80. The molecule has 0 atom stereocenters. The maximum absolute atomic E-state index is 9.85. The molecular formula is C3H6OV. The maximum atomic E-state index is 9.85. The molecule has 0 aromatic carbocycles. The second-order valence-corrected chi connectivity index (χ2v) is 2.42. The van der Waals surface area contributed by atoms with Gasteiger partial charge in [0.1, 0.15) is 0 Å². The number of carbonyl (C=O) groups excluding carboxylic acids is 1. The van der Waals surface area contributed by atoms with Gasteiger partial charge in [-0.05, 0) is 0 Å². The van der Waals surface area contributed by atoms with Gasteiger partial charge in [-0.25, -0.2) is 0 Å². The second kappa shape index (κ2) is 2.49. The molecule has 0 rings (SSSR count). The Labute approximate surface area is 38.8 Å². The van der Waals surface area contributed by atoms with Crippen molar-refractivity contribution in [3.8, 4) is 0 Å². The predicted octanol–water partition coefficient (Wildman–Crippen LogP) is 0.663. The van der Waals surface area contributed by atoms with E-state index in [1.54, 1.807) is 6.92 Å². The summed E-state index contributed by atoms with van der Waals surface area (Å²) in [6.45, 7) is 1.62. The van der Waals surface area contributed by atoms with Crippen LogP contribution in [0.15, 0.2) is 0 Å². The van der Waals surface area contributed by atoms with Gasteiger partial charge >= 0.3 is 38.1 Å². The molecule has 0 amide bonds. The van der Waals surface area contributed by atoms with Crippen LogP contribution in [0, 0.1) is 0 Å². The van der Waals surface area contributed by atoms with Gasteiger partial charge in [0.05, 0.1) is 0 Å². The molecule has 0 aliphatic rings. The molecule has 0 aliphatic heterocycles. The molecule has 0 aromatic rings. The van der Waals surface area contributed by atoms with Gasteiger partial charge in [0.25, 0.3) is 0 Å². The summed E-state index contributed by atoms with van der Waals surface area (Å²) in [7, 11) is 0. The van der Waals surface area contributed by atoms with Crippen LogP contribution in [-0.2, 0) is 21.1 Å². The van der Waals surface area contributed by atoms with Gasteiger partial charge in [-0.1, -0.05) is 0 Å². The number of hydrogen-bond donors (Lipinski definition) is 0. The van der Waals surface area contributed by atoms with Crippen LogP contribution in [0.3, 0.4) is 0 Å². The Morgan fingerprint density at radius 2 is 2.00 bits per heavy atom. The Kier molecular flexibility index (Phi) is 2.62. The zero-order valence-electron chi connectivity index (χ0n) is 3.36. The molecule has 0 bridgehead atoms. The van der Waals surface area contributed by atoms with Crippen molar-refractivity contribution >= 4 is 4.49 Å². The molecule has 0 heterocycles. The third kappa shape index (κ3) is 4.25. The van der Waals surface area contributed by atoms with Crippen molar-refractivity contribution in [2.75, 3.05) is 0 Å². The summed E-state index contributed by atoms with van der Waals surface area (Å²) in [6.07, 6.45) is 0. The van der Waals surface area contributed by atoms with E-state index >= 15 is 0 Å². The van der Waals surface area contributed by atoms with E-state index < -0.39 is 0 Å². The fourth-order valence-electron chi connectivity index (χ4n) is 0. The van der Waals surface area contributed by atoms with E-state index in [1.165, 1.54) is 0 Å². The first-order valence-electron chi connectivity index (χ1n) is 1.37. The number of hydrogen-bond acceptors (Lipinski definition) is 1. The molecule has 0 saturated heterocycles. The van der Waals surface area contributed by atoms with Gasteiger partial charge in [0.2, 0.25) is 0 Å². The molecule has 0 aromatic heterocycles. The Morgan fingerprint density at radius 3 is 2.00 bits per heavy atom. The van der Waals surface area contributed by atoms with E-state index in [0.29, 0.717) is 4.49 Å². The minimum absolute atomic E-state index is 0.0208. The summed E-state index contributed by atoms with van der Waals surface area (Å²) < 4.78 is 0.348. The van der Waals surface area contributed by atoms with Crippen molar-refractivity contribution in [2.45, 2.75) is 12.6 Å². The fourth-order valence-corrected chi connectivity index (χ4v) is 0. The van der Waals surface area contributed by atoms with Crippen LogP contribution in [0.4, 0.5) is 0 Å². The van der Waals surface area contributed by atoms with Crippen LogP contribution >= 0.6 is 0 Å². The fraction of sp³-hybridized carbons (Fsp3) is 0.667. The van der Waals surface area contributed by atoms with Gasteiger partial charge in [0.15, 0.2) is 0 Å². The van der Waals surface area contributed by atoms with Crippen LogP contribution in [-0.4, -0.2) is 4.49 Å². The van der Waals surface area contributed by atoms with Crippen molar-refractivity contribution in [3.05, 3.63) is 0 Å². The van der Waals surface area contributed by atoms with Gasteiger partial charge in [-0.15, -0.1) is 0 Å². The summed E-state index contributed by atoms with van der Waals surface area (Å²) in [5.41, 5.74) is 1.94. The first-order chi connectivity index (χ1) is 2.27. The van der Waals surface area contributed by atoms with E-state index in [-0.39, 0.29) is 16.3 Å². The first kappa shape index (κ1) is 5.25. The first-order valence-corrected chi connectivity index (χ1v) is 3.47. The Balaban J connectivity index is 2.85. The van der Waals surface area contributed by atoms with Crippen molar-refractivity contribution < 1.29 is 21.1 Å². The van der Waals surface area contributed by atoms with Crippen LogP contribution in [0.2, 0.25) is 5.64 Å². The molecule has 0 unspecified atom stereocenters. The Hall–Kier alpha value is 0.254. The molecule has 5 heavy (non-hydrogen) atoms. The monoisotopic (exact) mass is 109 g/mol. The van der Waals surface area contributed by atoms with Crippen molar-refractivity contribution in [2.24, 2.45) is 0 Å². The van der Waals surface area contributed by atoms with E-state index in [2.05, 4.69) is 0 Å². The topological polar surface area (TPSA) is 17.1 Å². The van der Waals surface area contributed by atoms with Crippen LogP contribution in [0.25, 0.3) is 0 Å². The quantitative estimate of drug-likeness (QED) is 0.483. The van der Waals surface area contributed by atoms with Gasteiger partial charge < -0.3 is 0 Å². The molecule has 0 N–H and O–H groups in total. The number of rotatable bonds is 1. The molecule has 0 spiro atoms. The second-order valence-electron chi connectivity index (χ2n) is 0.743. The minimum atomic E-state index is 0.0208. The molecule has 0 aliphatic carbocycles. The third-order valence-corrected chi connectivity index (χ3v) is 1.30. The predicted molar refractivity (Wildman–Crippen MR) is 16.5 cm³/mol. The summed E-state index contributed by atoms with van der Waals surface area (Å²) in [6, 6.07) is 0. The SMILES string of the molecule is [CH3][V][C](C)=O. The molecule has 0 radical (unpaired) electrons. The van der Waals surface area contributed by atoms with Gasteiger partial charge in [-0.2, -0.15) is 0 Å². The van der Waals surface area contributed by atoms with Crippen LogP contribution in [0.1, 0.15) is 6.92 Å². The Morgan fingerprint density at radius 1 is 1.80 bits per heavy atom. The molecule has 0 saturated carbocycles. The average molecular weight is 109 g/mol. The van der Waals surface area contributed by atoms with Gasteiger partial charge in [-0.3, -0.25) is 0 Å². The number of carbonyl (C=O) groups is 1. The molecule has 1 nitrogen and oxygen atoms in total. The van der Waals surface area contributed by atoms with Crippen molar-refractivity contribution in [3.63, 3.8) is 0 Å². The van der Waals surface area contributed by atoms with Crippen molar-refractivity contribution in [1.29, 1.82) is 0 Å². The zero-order valence-corrected chi connectivity index (χ0v) is 4.75. The van der Waals surface area contributed by atoms with Crippen LogP contribution < -0.4 is 0 Å². The zero-order chi connectivity index (χ0) is 4.28. The summed E-state index contributed by atoms with van der Waals surface area (Å²) >= 11 is 0.0208.